The summed E-state index contributed by atoms with van der Waals surface area (Å²) < 4.78 is 4.39. The zero-order chi connectivity index (χ0) is 28.8. The van der Waals surface area contributed by atoms with Crippen molar-refractivity contribution in [2.45, 2.75) is 26.8 Å². The van der Waals surface area contributed by atoms with Gasteiger partial charge in [-0.05, 0) is 25.5 Å². The number of aryl methyl sites for hydroxylation is 1. The molecule has 0 aliphatic carbocycles. The first kappa shape index (κ1) is 25.8. The number of aromatic hydroxyl groups is 1. The Labute approximate surface area is 231 Å². The second-order valence-electron chi connectivity index (χ2n) is 9.57. The Kier molecular flexibility index (Phi) is 6.28. The Morgan fingerprint density at radius 1 is 1.10 bits per heavy atom. The lowest BCUT2D eigenvalue weighted by atomic mass is 10.2. The molecule has 210 valence electrons. The number of anilines is 1. The number of primary amides is 1. The number of piperazine rings is 1. The maximum atomic E-state index is 13.9. The molecule has 5 aromatic heterocycles. The van der Waals surface area contributed by atoms with Gasteiger partial charge >= 0.3 is 0 Å². The number of fused-ring (bicyclic) bond motifs is 2. The van der Waals surface area contributed by atoms with Crippen molar-refractivity contribution >= 4 is 28.9 Å². The van der Waals surface area contributed by atoms with Gasteiger partial charge in [-0.1, -0.05) is 6.92 Å². The molecule has 6 heterocycles. The van der Waals surface area contributed by atoms with Crippen molar-refractivity contribution in [1.29, 1.82) is 0 Å². The summed E-state index contributed by atoms with van der Waals surface area (Å²) in [6, 6.07) is 3.51. The van der Waals surface area contributed by atoms with E-state index in [2.05, 4.69) is 30.1 Å². The molecular weight excluding hydrogens is 532 g/mol. The molecule has 16 nitrogen and oxygen atoms in total. The average molecular weight is 559 g/mol. The van der Waals surface area contributed by atoms with Crippen molar-refractivity contribution in [2.24, 2.45) is 5.73 Å². The molecule has 0 unspecified atom stereocenters. The molecule has 0 radical (unpaired) electrons. The minimum absolute atomic E-state index is 0.0649. The second-order valence-corrected chi connectivity index (χ2v) is 9.57. The predicted octanol–water partition coefficient (Wildman–Crippen LogP) is -0.585. The Hall–Kier alpha value is -5.41. The van der Waals surface area contributed by atoms with Crippen LogP contribution in [0.1, 0.15) is 28.8 Å². The van der Waals surface area contributed by atoms with Crippen molar-refractivity contribution in [3.8, 4) is 17.1 Å². The molecule has 1 aliphatic heterocycles. The van der Waals surface area contributed by atoms with E-state index >= 15 is 0 Å². The van der Waals surface area contributed by atoms with Gasteiger partial charge in [0.1, 0.15) is 24.9 Å². The maximum Gasteiger partial charge on any atom is 0.299 e. The number of carbonyl (C=O) groups excluding carboxylic acids is 2. The van der Waals surface area contributed by atoms with E-state index in [9.17, 15) is 19.5 Å². The monoisotopic (exact) mass is 558 g/mol. The van der Waals surface area contributed by atoms with Gasteiger partial charge in [-0.2, -0.15) is 14.6 Å². The first-order valence-electron chi connectivity index (χ1n) is 12.9. The summed E-state index contributed by atoms with van der Waals surface area (Å²) in [7, 11) is 0. The number of hydrogen-bond acceptors (Lipinski definition) is 11. The number of rotatable bonds is 6. The zero-order valence-electron chi connectivity index (χ0n) is 22.3. The third-order valence-corrected chi connectivity index (χ3v) is 7.10. The molecule has 1 aliphatic rings. The van der Waals surface area contributed by atoms with Crippen LogP contribution in [0.5, 0.6) is 5.75 Å². The van der Waals surface area contributed by atoms with E-state index < -0.39 is 17.4 Å². The van der Waals surface area contributed by atoms with Crippen LogP contribution >= 0.6 is 0 Å². The molecule has 1 fully saturated rings. The first-order chi connectivity index (χ1) is 19.8. The van der Waals surface area contributed by atoms with Crippen molar-refractivity contribution in [2.75, 3.05) is 31.1 Å². The van der Waals surface area contributed by atoms with Crippen molar-refractivity contribution in [1.82, 2.24) is 48.6 Å². The summed E-state index contributed by atoms with van der Waals surface area (Å²) in [5.41, 5.74) is 7.59. The van der Waals surface area contributed by atoms with Crippen LogP contribution in [0.3, 0.4) is 0 Å². The van der Waals surface area contributed by atoms with Crippen LogP contribution in [0.4, 0.5) is 5.69 Å². The van der Waals surface area contributed by atoms with Gasteiger partial charge in [0.05, 0.1) is 11.4 Å². The molecule has 16 heteroatoms. The SMILES string of the molecule is CCc1c(N2CCN(C(=O)c3ncnc(C)c3O)CC2)c(=O)n2nc(-c3ccn4ncnc4c3)nc2n1CC(N)=O. The smallest absolute Gasteiger partial charge is 0.299 e. The molecule has 0 saturated carbocycles. The molecule has 3 N–H and O–H groups in total. The zero-order valence-corrected chi connectivity index (χ0v) is 22.3. The first-order valence-corrected chi connectivity index (χ1v) is 12.9. The van der Waals surface area contributed by atoms with Gasteiger partial charge in [-0.3, -0.25) is 14.4 Å². The highest BCUT2D eigenvalue weighted by atomic mass is 16.3. The number of carbonyl (C=O) groups is 2. The van der Waals surface area contributed by atoms with Gasteiger partial charge < -0.3 is 25.2 Å². The summed E-state index contributed by atoms with van der Waals surface area (Å²) in [4.78, 5) is 59.2. The molecule has 2 amide bonds. The molecule has 1 saturated heterocycles. The molecule has 0 aromatic carbocycles. The van der Waals surface area contributed by atoms with Gasteiger partial charge in [0.15, 0.2) is 22.9 Å². The maximum absolute atomic E-state index is 13.9. The topological polar surface area (TPSA) is 195 Å². The number of pyridine rings is 1. The Morgan fingerprint density at radius 2 is 1.88 bits per heavy atom. The van der Waals surface area contributed by atoms with Crippen molar-refractivity contribution < 1.29 is 14.7 Å². The molecular formula is C25H26N12O4. The van der Waals surface area contributed by atoms with Gasteiger partial charge in [0.2, 0.25) is 11.7 Å². The van der Waals surface area contributed by atoms with Crippen LogP contribution in [0, 0.1) is 6.92 Å². The molecule has 0 bridgehead atoms. The highest BCUT2D eigenvalue weighted by Crippen LogP contribution is 2.25. The van der Waals surface area contributed by atoms with Crippen LogP contribution in [0.15, 0.2) is 35.8 Å². The Bertz CT molecular complexity index is 1880. The average Bonchev–Trinajstić information content (AvgIpc) is 3.63. The third kappa shape index (κ3) is 4.38. The number of amides is 2. The molecule has 6 rings (SSSR count). The van der Waals surface area contributed by atoms with Crippen molar-refractivity contribution in [3.63, 3.8) is 0 Å². The van der Waals surface area contributed by atoms with E-state index in [4.69, 9.17) is 5.73 Å². The van der Waals surface area contributed by atoms with Crippen LogP contribution in [-0.2, 0) is 17.8 Å². The summed E-state index contributed by atoms with van der Waals surface area (Å²) >= 11 is 0. The number of aromatic nitrogens is 9. The van der Waals surface area contributed by atoms with Gasteiger partial charge in [0, 0.05) is 37.9 Å². The predicted molar refractivity (Wildman–Crippen MR) is 144 cm³/mol. The number of nitrogens with two attached hydrogens (primary N) is 1. The second kappa shape index (κ2) is 9.96. The fourth-order valence-electron chi connectivity index (χ4n) is 5.07. The Balaban J connectivity index is 1.38. The number of nitrogens with zero attached hydrogens (tertiary/aromatic N) is 11. The summed E-state index contributed by atoms with van der Waals surface area (Å²) in [5, 5.41) is 18.9. The lowest BCUT2D eigenvalue weighted by Gasteiger charge is -2.36. The summed E-state index contributed by atoms with van der Waals surface area (Å²) in [5.74, 6) is -0.802. The summed E-state index contributed by atoms with van der Waals surface area (Å²) in [6.07, 6.45) is 4.79. The minimum atomic E-state index is -0.596. The van der Waals surface area contributed by atoms with Crippen LogP contribution in [0.2, 0.25) is 0 Å². The quantitative estimate of drug-likeness (QED) is 0.270. The highest BCUT2D eigenvalue weighted by molar-refractivity contribution is 5.95. The Morgan fingerprint density at radius 3 is 2.61 bits per heavy atom. The van der Waals surface area contributed by atoms with Crippen LogP contribution < -0.4 is 16.2 Å². The number of hydrogen-bond donors (Lipinski definition) is 2. The lowest BCUT2D eigenvalue weighted by molar-refractivity contribution is -0.118. The van der Waals surface area contributed by atoms with E-state index in [0.29, 0.717) is 47.8 Å². The lowest BCUT2D eigenvalue weighted by Crippen LogP contribution is -2.51. The minimum Gasteiger partial charge on any atom is -0.504 e. The fourth-order valence-corrected chi connectivity index (χ4v) is 5.07. The highest BCUT2D eigenvalue weighted by Gasteiger charge is 2.30. The molecule has 5 aromatic rings. The largest absolute Gasteiger partial charge is 0.504 e. The summed E-state index contributed by atoms with van der Waals surface area (Å²) in [6.45, 7) is 4.47. The van der Waals surface area contributed by atoms with Gasteiger partial charge in [0.25, 0.3) is 11.5 Å². The van der Waals surface area contributed by atoms with E-state index in [1.54, 1.807) is 39.2 Å². The molecule has 41 heavy (non-hydrogen) atoms. The van der Waals surface area contributed by atoms with Crippen LogP contribution in [0.25, 0.3) is 22.8 Å². The van der Waals surface area contributed by atoms with Gasteiger partial charge in [-0.25, -0.2) is 19.5 Å². The standard InChI is InChI=1S/C25H26N12O4/c1-3-16-20(33-6-8-34(9-7-33)23(40)19-21(39)14(2)27-12-29-19)24(41)37-25(35(16)11-17(26)38)31-22(32-37)15-4-5-36-18(10-15)28-13-30-36/h4-5,10,12-13,39H,3,6-9,11H2,1-2H3,(H2,26,38). The third-order valence-electron chi connectivity index (χ3n) is 7.10. The van der Waals surface area contributed by atoms with E-state index in [0.717, 1.165) is 0 Å². The molecule has 0 spiro atoms. The van der Waals surface area contributed by atoms with E-state index in [1.807, 2.05) is 11.8 Å². The van der Waals surface area contributed by atoms with Crippen LogP contribution in [-0.4, -0.2) is 91.7 Å². The van der Waals surface area contributed by atoms with E-state index in [-0.39, 0.29) is 42.7 Å². The fraction of sp³-hybridized carbons (Fsp3) is 0.320. The van der Waals surface area contributed by atoms with Gasteiger partial charge in [-0.15, -0.1) is 5.10 Å². The normalized spacial score (nSPS) is 13.8. The van der Waals surface area contributed by atoms with Crippen molar-refractivity contribution in [3.05, 3.63) is 58.4 Å². The molecule has 0 atom stereocenters. The van der Waals surface area contributed by atoms with E-state index in [1.165, 1.54) is 17.2 Å².